The van der Waals surface area contributed by atoms with Gasteiger partial charge in [0.25, 0.3) is 0 Å². The number of alkyl halides is 1. The van der Waals surface area contributed by atoms with Crippen molar-refractivity contribution in [3.8, 4) is 0 Å². The molecule has 0 saturated carbocycles. The highest BCUT2D eigenvalue weighted by Gasteiger charge is 1.99. The Morgan fingerprint density at radius 3 is 2.67 bits per heavy atom. The van der Waals surface area contributed by atoms with Gasteiger partial charge >= 0.3 is 5.97 Å². The summed E-state index contributed by atoms with van der Waals surface area (Å²) in [5.74, 6) is -0.700. The molecule has 0 aliphatic rings. The van der Waals surface area contributed by atoms with Gasteiger partial charge in [-0.3, -0.25) is 4.79 Å². The molecular formula is C9H15BrO2. The zero-order chi connectivity index (χ0) is 9.40. The normalized spacial score (nSPS) is 12.4. The SMILES string of the molecule is C=CC(Br)CCCCCC(=O)O. The predicted molar refractivity (Wildman–Crippen MR) is 53.6 cm³/mol. The summed E-state index contributed by atoms with van der Waals surface area (Å²) in [5, 5.41) is 8.34. The maximum atomic E-state index is 10.1. The lowest BCUT2D eigenvalue weighted by Crippen LogP contribution is -1.95. The Hall–Kier alpha value is -0.310. The van der Waals surface area contributed by atoms with E-state index in [9.17, 15) is 4.79 Å². The minimum atomic E-state index is -0.700. The average molecular weight is 235 g/mol. The third-order valence-corrected chi connectivity index (χ3v) is 2.46. The van der Waals surface area contributed by atoms with Crippen molar-refractivity contribution in [2.24, 2.45) is 0 Å². The maximum Gasteiger partial charge on any atom is 0.303 e. The van der Waals surface area contributed by atoms with Crippen LogP contribution < -0.4 is 0 Å². The van der Waals surface area contributed by atoms with Crippen LogP contribution in [0, 0.1) is 0 Å². The van der Waals surface area contributed by atoms with Gasteiger partial charge in [0, 0.05) is 11.2 Å². The first-order valence-electron chi connectivity index (χ1n) is 4.15. The van der Waals surface area contributed by atoms with E-state index in [1.807, 2.05) is 6.08 Å². The van der Waals surface area contributed by atoms with Crippen molar-refractivity contribution in [3.63, 3.8) is 0 Å². The van der Waals surface area contributed by atoms with Crippen LogP contribution in [0.3, 0.4) is 0 Å². The highest BCUT2D eigenvalue weighted by Crippen LogP contribution is 2.12. The first kappa shape index (κ1) is 11.7. The van der Waals surface area contributed by atoms with Crippen LogP contribution in [0.5, 0.6) is 0 Å². The van der Waals surface area contributed by atoms with E-state index >= 15 is 0 Å². The number of aliphatic carboxylic acids is 1. The molecule has 0 rings (SSSR count). The van der Waals surface area contributed by atoms with E-state index in [1.54, 1.807) is 0 Å². The van der Waals surface area contributed by atoms with Crippen molar-refractivity contribution in [2.45, 2.75) is 36.9 Å². The number of unbranched alkanes of at least 4 members (excludes halogenated alkanes) is 2. The summed E-state index contributed by atoms with van der Waals surface area (Å²) in [4.78, 5) is 10.5. The number of rotatable bonds is 7. The monoisotopic (exact) mass is 234 g/mol. The molecule has 0 radical (unpaired) electrons. The van der Waals surface area contributed by atoms with Crippen LogP contribution >= 0.6 is 15.9 Å². The molecular weight excluding hydrogens is 220 g/mol. The number of carbonyl (C=O) groups is 1. The Morgan fingerprint density at radius 2 is 2.17 bits per heavy atom. The van der Waals surface area contributed by atoms with Gasteiger partial charge in [0.1, 0.15) is 0 Å². The van der Waals surface area contributed by atoms with Crippen LogP contribution in [0.15, 0.2) is 12.7 Å². The number of carboxylic acid groups (broad SMARTS) is 1. The van der Waals surface area contributed by atoms with Crippen LogP contribution in [0.25, 0.3) is 0 Å². The summed E-state index contributed by atoms with van der Waals surface area (Å²) in [7, 11) is 0. The first-order chi connectivity index (χ1) is 5.66. The molecule has 0 bridgehead atoms. The molecule has 2 nitrogen and oxygen atoms in total. The topological polar surface area (TPSA) is 37.3 Å². The van der Waals surface area contributed by atoms with Crippen LogP contribution in [0.1, 0.15) is 32.1 Å². The molecule has 0 aromatic carbocycles. The third-order valence-electron chi connectivity index (χ3n) is 1.63. The smallest absolute Gasteiger partial charge is 0.303 e. The Labute approximate surface area is 81.8 Å². The number of hydrogen-bond acceptors (Lipinski definition) is 1. The van der Waals surface area contributed by atoms with Crippen molar-refractivity contribution in [1.29, 1.82) is 0 Å². The second-order valence-electron chi connectivity index (χ2n) is 2.74. The number of carboxylic acids is 1. The fraction of sp³-hybridized carbons (Fsp3) is 0.667. The van der Waals surface area contributed by atoms with E-state index in [1.165, 1.54) is 0 Å². The zero-order valence-corrected chi connectivity index (χ0v) is 8.72. The summed E-state index contributed by atoms with van der Waals surface area (Å²) in [6, 6.07) is 0. The predicted octanol–water partition coefficient (Wildman–Crippen LogP) is 2.97. The molecule has 3 heteroatoms. The molecule has 0 aliphatic heterocycles. The highest BCUT2D eigenvalue weighted by atomic mass is 79.9. The van der Waals surface area contributed by atoms with E-state index in [2.05, 4.69) is 22.5 Å². The van der Waals surface area contributed by atoms with Gasteiger partial charge in [-0.15, -0.1) is 6.58 Å². The summed E-state index contributed by atoms with van der Waals surface area (Å²) in [6.07, 6.45) is 6.03. The molecule has 70 valence electrons. The van der Waals surface area contributed by atoms with Crippen molar-refractivity contribution < 1.29 is 9.90 Å². The maximum absolute atomic E-state index is 10.1. The molecule has 0 saturated heterocycles. The molecule has 0 heterocycles. The van der Waals surface area contributed by atoms with E-state index in [0.717, 1.165) is 25.7 Å². The molecule has 0 spiro atoms. The van der Waals surface area contributed by atoms with Gasteiger partial charge in [-0.1, -0.05) is 34.8 Å². The Kier molecular flexibility index (Phi) is 7.16. The van der Waals surface area contributed by atoms with Gasteiger partial charge < -0.3 is 5.11 Å². The molecule has 1 N–H and O–H groups in total. The lowest BCUT2D eigenvalue weighted by Gasteiger charge is -2.02. The first-order valence-corrected chi connectivity index (χ1v) is 5.07. The van der Waals surface area contributed by atoms with E-state index in [-0.39, 0.29) is 0 Å². The molecule has 0 amide bonds. The van der Waals surface area contributed by atoms with Gasteiger partial charge in [-0.05, 0) is 12.8 Å². The molecule has 12 heavy (non-hydrogen) atoms. The van der Waals surface area contributed by atoms with Crippen molar-refractivity contribution in [2.75, 3.05) is 0 Å². The number of hydrogen-bond donors (Lipinski definition) is 1. The molecule has 0 aromatic heterocycles. The second-order valence-corrected chi connectivity index (χ2v) is 3.92. The van der Waals surface area contributed by atoms with Crippen molar-refractivity contribution in [3.05, 3.63) is 12.7 Å². The summed E-state index contributed by atoms with van der Waals surface area (Å²) in [5.41, 5.74) is 0. The summed E-state index contributed by atoms with van der Waals surface area (Å²) >= 11 is 3.42. The fourth-order valence-corrected chi connectivity index (χ4v) is 1.23. The molecule has 1 atom stereocenters. The quantitative estimate of drug-likeness (QED) is 0.418. The summed E-state index contributed by atoms with van der Waals surface area (Å²) in [6.45, 7) is 3.65. The van der Waals surface area contributed by atoms with Crippen molar-refractivity contribution >= 4 is 21.9 Å². The van der Waals surface area contributed by atoms with Gasteiger partial charge in [0.15, 0.2) is 0 Å². The third kappa shape index (κ3) is 7.79. The molecule has 1 unspecified atom stereocenters. The Morgan fingerprint density at radius 1 is 1.50 bits per heavy atom. The molecule has 0 aromatic rings. The van der Waals surface area contributed by atoms with Crippen molar-refractivity contribution in [1.82, 2.24) is 0 Å². The van der Waals surface area contributed by atoms with Crippen LogP contribution in [0.2, 0.25) is 0 Å². The standard InChI is InChI=1S/C9H15BrO2/c1-2-8(10)6-4-3-5-7-9(11)12/h2,8H,1,3-7H2,(H,11,12). The van der Waals surface area contributed by atoms with E-state index in [0.29, 0.717) is 11.2 Å². The molecule has 0 fully saturated rings. The Bertz CT molecular complexity index is 145. The number of allylic oxidation sites excluding steroid dienone is 1. The summed E-state index contributed by atoms with van der Waals surface area (Å²) < 4.78 is 0. The van der Waals surface area contributed by atoms with Gasteiger partial charge in [-0.2, -0.15) is 0 Å². The van der Waals surface area contributed by atoms with E-state index in [4.69, 9.17) is 5.11 Å². The lowest BCUT2D eigenvalue weighted by molar-refractivity contribution is -0.137. The lowest BCUT2D eigenvalue weighted by atomic mass is 10.1. The zero-order valence-electron chi connectivity index (χ0n) is 7.13. The van der Waals surface area contributed by atoms with E-state index < -0.39 is 5.97 Å². The van der Waals surface area contributed by atoms with Crippen LogP contribution in [0.4, 0.5) is 0 Å². The minimum absolute atomic E-state index is 0.293. The molecule has 0 aliphatic carbocycles. The van der Waals surface area contributed by atoms with Crippen LogP contribution in [-0.4, -0.2) is 15.9 Å². The van der Waals surface area contributed by atoms with Gasteiger partial charge in [-0.25, -0.2) is 0 Å². The Balaban J connectivity index is 3.10. The fourth-order valence-electron chi connectivity index (χ4n) is 0.910. The van der Waals surface area contributed by atoms with Crippen LogP contribution in [-0.2, 0) is 4.79 Å². The average Bonchev–Trinajstić information content (AvgIpc) is 2.03. The van der Waals surface area contributed by atoms with Gasteiger partial charge in [0.05, 0.1) is 0 Å². The largest absolute Gasteiger partial charge is 0.481 e. The highest BCUT2D eigenvalue weighted by molar-refractivity contribution is 9.09. The second kappa shape index (κ2) is 7.35. The number of halogens is 1. The van der Waals surface area contributed by atoms with Gasteiger partial charge in [0.2, 0.25) is 0 Å². The minimum Gasteiger partial charge on any atom is -0.481 e.